The summed E-state index contributed by atoms with van der Waals surface area (Å²) in [4.78, 5) is 6.54. The fourth-order valence-electron chi connectivity index (χ4n) is 2.88. The molecule has 142 valence electrons. The van der Waals surface area contributed by atoms with Crippen LogP contribution in [0.4, 0.5) is 0 Å². The predicted molar refractivity (Wildman–Crippen MR) is 100 cm³/mol. The maximum absolute atomic E-state index is 12.3. The third kappa shape index (κ3) is 4.62. The summed E-state index contributed by atoms with van der Waals surface area (Å²) in [6.07, 6.45) is 1.58. The lowest BCUT2D eigenvalue weighted by molar-refractivity contribution is 0.176. The van der Waals surface area contributed by atoms with E-state index < -0.39 is 10.0 Å². The van der Waals surface area contributed by atoms with Gasteiger partial charge in [-0.25, -0.2) is 8.42 Å². The van der Waals surface area contributed by atoms with Gasteiger partial charge < -0.3 is 4.52 Å². The molecule has 1 aliphatic heterocycles. The Kier molecular flexibility index (Phi) is 6.29. The number of hydrogen-bond donors (Lipinski definition) is 0. The van der Waals surface area contributed by atoms with Gasteiger partial charge in [-0.05, 0) is 18.6 Å². The average molecular weight is 399 g/mol. The molecule has 1 fully saturated rings. The summed E-state index contributed by atoms with van der Waals surface area (Å²) in [5.74, 6) is 1.20. The van der Waals surface area contributed by atoms with Crippen LogP contribution < -0.4 is 0 Å². The average Bonchev–Trinajstić information content (AvgIpc) is 3.09. The lowest BCUT2D eigenvalue weighted by Crippen LogP contribution is -2.48. The highest BCUT2D eigenvalue weighted by molar-refractivity contribution is 7.89. The summed E-state index contributed by atoms with van der Waals surface area (Å²) in [5.41, 5.74) is 0.708. The van der Waals surface area contributed by atoms with E-state index in [4.69, 9.17) is 16.1 Å². The fraction of sp³-hybridized carbons (Fsp3) is 0.529. The molecule has 0 spiro atoms. The van der Waals surface area contributed by atoms with E-state index in [9.17, 15) is 8.42 Å². The maximum atomic E-state index is 12.3. The topological polar surface area (TPSA) is 79.5 Å². The van der Waals surface area contributed by atoms with Crippen molar-refractivity contribution >= 4 is 21.6 Å². The van der Waals surface area contributed by atoms with Crippen LogP contribution in [-0.4, -0.2) is 59.7 Å². The van der Waals surface area contributed by atoms with E-state index in [1.807, 2.05) is 25.1 Å². The first-order valence-electron chi connectivity index (χ1n) is 8.77. The van der Waals surface area contributed by atoms with E-state index in [1.54, 1.807) is 10.4 Å². The van der Waals surface area contributed by atoms with Crippen LogP contribution in [0.1, 0.15) is 25.6 Å². The first-order valence-corrected chi connectivity index (χ1v) is 10.8. The van der Waals surface area contributed by atoms with Crippen molar-refractivity contribution in [2.75, 3.05) is 31.9 Å². The third-order valence-electron chi connectivity index (χ3n) is 4.42. The van der Waals surface area contributed by atoms with Gasteiger partial charge in [0.1, 0.15) is 0 Å². The fourth-order valence-corrected chi connectivity index (χ4v) is 4.73. The number of benzene rings is 1. The van der Waals surface area contributed by atoms with Gasteiger partial charge in [-0.15, -0.1) is 0 Å². The number of piperazine rings is 1. The first-order chi connectivity index (χ1) is 12.5. The van der Waals surface area contributed by atoms with Crippen LogP contribution in [0.3, 0.4) is 0 Å². The molecule has 0 aliphatic carbocycles. The molecule has 0 N–H and O–H groups in total. The van der Waals surface area contributed by atoms with Crippen molar-refractivity contribution in [1.82, 2.24) is 19.3 Å². The second-order valence-corrected chi connectivity index (χ2v) is 8.84. The van der Waals surface area contributed by atoms with E-state index in [2.05, 4.69) is 15.0 Å². The summed E-state index contributed by atoms with van der Waals surface area (Å²) in [5, 5.41) is 4.58. The van der Waals surface area contributed by atoms with Crippen LogP contribution in [0, 0.1) is 0 Å². The Morgan fingerprint density at radius 1 is 1.19 bits per heavy atom. The Hall–Kier alpha value is -1.48. The summed E-state index contributed by atoms with van der Waals surface area (Å²) in [6.45, 7) is 4.83. The van der Waals surface area contributed by atoms with Crippen molar-refractivity contribution < 1.29 is 12.9 Å². The quantitative estimate of drug-likeness (QED) is 0.713. The van der Waals surface area contributed by atoms with Crippen molar-refractivity contribution in [1.29, 1.82) is 0 Å². The molecule has 1 aromatic carbocycles. The molecule has 0 atom stereocenters. The van der Waals surface area contributed by atoms with Gasteiger partial charge in [0, 0.05) is 26.2 Å². The van der Waals surface area contributed by atoms with Gasteiger partial charge in [0.05, 0.1) is 22.9 Å². The monoisotopic (exact) mass is 398 g/mol. The van der Waals surface area contributed by atoms with Crippen molar-refractivity contribution in [3.63, 3.8) is 0 Å². The van der Waals surface area contributed by atoms with Crippen molar-refractivity contribution in [2.24, 2.45) is 0 Å². The SMILES string of the molecule is CCCCS(=O)(=O)N1CCN(Cc2noc(-c3ccccc3Cl)n2)CC1. The van der Waals surface area contributed by atoms with Gasteiger partial charge in [-0.2, -0.15) is 9.29 Å². The number of hydrogen-bond acceptors (Lipinski definition) is 6. The van der Waals surface area contributed by atoms with Crippen LogP contribution in [0.15, 0.2) is 28.8 Å². The number of aromatic nitrogens is 2. The van der Waals surface area contributed by atoms with E-state index >= 15 is 0 Å². The van der Waals surface area contributed by atoms with Crippen molar-refractivity contribution in [2.45, 2.75) is 26.3 Å². The molecule has 2 aromatic rings. The Balaban J connectivity index is 1.56. The largest absolute Gasteiger partial charge is 0.334 e. The molecular formula is C17H23ClN4O3S. The summed E-state index contributed by atoms with van der Waals surface area (Å²) >= 11 is 6.15. The van der Waals surface area contributed by atoms with Crippen LogP contribution in [0.2, 0.25) is 5.02 Å². The number of rotatable bonds is 7. The minimum absolute atomic E-state index is 0.232. The molecule has 9 heteroatoms. The Labute approximate surface area is 159 Å². The van der Waals surface area contributed by atoms with Gasteiger partial charge >= 0.3 is 0 Å². The molecule has 1 aromatic heterocycles. The molecule has 26 heavy (non-hydrogen) atoms. The predicted octanol–water partition coefficient (Wildman–Crippen LogP) is 2.64. The first kappa shape index (κ1) is 19.3. The second kappa shape index (κ2) is 8.47. The molecular weight excluding hydrogens is 376 g/mol. The number of unbranched alkanes of at least 4 members (excludes halogenated alkanes) is 1. The highest BCUT2D eigenvalue weighted by atomic mass is 35.5. The van der Waals surface area contributed by atoms with E-state index in [1.165, 1.54) is 0 Å². The standard InChI is InChI=1S/C17H23ClN4O3S/c1-2-3-12-26(23,24)22-10-8-21(9-11-22)13-16-19-17(25-20-16)14-6-4-5-7-15(14)18/h4-7H,2-3,8-13H2,1H3. The molecule has 0 radical (unpaired) electrons. The Morgan fingerprint density at radius 3 is 2.62 bits per heavy atom. The minimum Gasteiger partial charge on any atom is -0.334 e. The molecule has 7 nitrogen and oxygen atoms in total. The second-order valence-electron chi connectivity index (χ2n) is 6.34. The highest BCUT2D eigenvalue weighted by Gasteiger charge is 2.27. The van der Waals surface area contributed by atoms with Crippen LogP contribution in [-0.2, 0) is 16.6 Å². The number of halogens is 1. The molecule has 0 saturated carbocycles. The number of sulfonamides is 1. The van der Waals surface area contributed by atoms with Gasteiger partial charge in [0.2, 0.25) is 10.0 Å². The van der Waals surface area contributed by atoms with Crippen LogP contribution in [0.5, 0.6) is 0 Å². The number of nitrogens with zero attached hydrogens (tertiary/aromatic N) is 4. The van der Waals surface area contributed by atoms with Crippen LogP contribution >= 0.6 is 11.6 Å². The molecule has 0 unspecified atom stereocenters. The lowest BCUT2D eigenvalue weighted by Gasteiger charge is -2.33. The molecule has 3 rings (SSSR count). The molecule has 1 aliphatic rings. The van der Waals surface area contributed by atoms with Crippen LogP contribution in [0.25, 0.3) is 11.5 Å². The highest BCUT2D eigenvalue weighted by Crippen LogP contribution is 2.26. The lowest BCUT2D eigenvalue weighted by atomic mass is 10.2. The van der Waals surface area contributed by atoms with Crippen molar-refractivity contribution in [3.05, 3.63) is 35.1 Å². The van der Waals surface area contributed by atoms with Gasteiger partial charge in [-0.1, -0.05) is 42.2 Å². The summed E-state index contributed by atoms with van der Waals surface area (Å²) in [7, 11) is -3.14. The van der Waals surface area contributed by atoms with Gasteiger partial charge in [-0.3, -0.25) is 4.90 Å². The van der Waals surface area contributed by atoms with E-state index in [0.717, 1.165) is 6.42 Å². The van der Waals surface area contributed by atoms with E-state index in [0.29, 0.717) is 61.4 Å². The molecule has 2 heterocycles. The summed E-state index contributed by atoms with van der Waals surface area (Å²) in [6, 6.07) is 7.32. The zero-order valence-electron chi connectivity index (χ0n) is 14.8. The Morgan fingerprint density at radius 2 is 1.92 bits per heavy atom. The maximum Gasteiger partial charge on any atom is 0.259 e. The zero-order valence-corrected chi connectivity index (χ0v) is 16.3. The Bertz CT molecular complexity index is 832. The minimum atomic E-state index is -3.14. The normalized spacial score (nSPS) is 16.8. The van der Waals surface area contributed by atoms with Gasteiger partial charge in [0.25, 0.3) is 5.89 Å². The smallest absolute Gasteiger partial charge is 0.259 e. The molecule has 0 bridgehead atoms. The van der Waals surface area contributed by atoms with E-state index in [-0.39, 0.29) is 5.75 Å². The third-order valence-corrected chi connectivity index (χ3v) is 6.70. The molecule has 1 saturated heterocycles. The summed E-state index contributed by atoms with van der Waals surface area (Å²) < 4.78 is 31.4. The zero-order chi connectivity index (χ0) is 18.6. The van der Waals surface area contributed by atoms with Crippen molar-refractivity contribution in [3.8, 4) is 11.5 Å². The van der Waals surface area contributed by atoms with Gasteiger partial charge in [0.15, 0.2) is 5.82 Å². The molecule has 0 amide bonds.